The molecule has 1 saturated heterocycles. The first-order chi connectivity index (χ1) is 11.5. The average Bonchev–Trinajstić information content (AvgIpc) is 3.23. The van der Waals surface area contributed by atoms with Crippen LogP contribution in [0, 0.1) is 18.8 Å². The third kappa shape index (κ3) is 2.56. The number of fused-ring (bicyclic) bond motifs is 1. The Morgan fingerprint density at radius 1 is 1.33 bits per heavy atom. The minimum absolute atomic E-state index is 0.0321. The minimum Gasteiger partial charge on any atom is -0.337 e. The zero-order valence-electron chi connectivity index (χ0n) is 13.5. The molecule has 126 valence electrons. The van der Waals surface area contributed by atoms with Crippen molar-refractivity contribution in [2.45, 2.75) is 25.8 Å². The van der Waals surface area contributed by atoms with Crippen molar-refractivity contribution in [3.63, 3.8) is 0 Å². The van der Waals surface area contributed by atoms with Crippen molar-refractivity contribution in [2.75, 3.05) is 13.1 Å². The average molecular weight is 390 g/mol. The van der Waals surface area contributed by atoms with Crippen LogP contribution in [0.25, 0.3) is 5.69 Å². The lowest BCUT2D eigenvalue weighted by Gasteiger charge is -2.17. The van der Waals surface area contributed by atoms with Crippen LogP contribution in [0.3, 0.4) is 0 Å². The summed E-state index contributed by atoms with van der Waals surface area (Å²) < 4.78 is 2.67. The van der Waals surface area contributed by atoms with E-state index in [1.807, 2.05) is 36.1 Å². The number of rotatable bonds is 2. The van der Waals surface area contributed by atoms with Gasteiger partial charge in [-0.05, 0) is 49.8 Å². The summed E-state index contributed by atoms with van der Waals surface area (Å²) in [6.07, 6.45) is 2.20. The largest absolute Gasteiger partial charge is 0.337 e. The van der Waals surface area contributed by atoms with Gasteiger partial charge >= 0.3 is 0 Å². The SMILES string of the molecule is Cc1c(C(=O)N2CC3CCC(N)C3C2)nnn1-c1cccc(Br)c1. The fourth-order valence-electron chi connectivity index (χ4n) is 4.00. The first-order valence-electron chi connectivity index (χ1n) is 8.27. The number of hydrogen-bond acceptors (Lipinski definition) is 4. The molecule has 1 saturated carbocycles. The number of nitrogens with zero attached hydrogens (tertiary/aromatic N) is 4. The summed E-state index contributed by atoms with van der Waals surface area (Å²) in [5.41, 5.74) is 8.25. The van der Waals surface area contributed by atoms with Crippen LogP contribution < -0.4 is 5.73 Å². The van der Waals surface area contributed by atoms with Gasteiger partial charge in [0.25, 0.3) is 5.91 Å². The lowest BCUT2D eigenvalue weighted by Crippen LogP contribution is -2.34. The Hall–Kier alpha value is -1.73. The molecule has 7 heteroatoms. The van der Waals surface area contributed by atoms with Gasteiger partial charge in [-0.15, -0.1) is 5.10 Å². The van der Waals surface area contributed by atoms with Crippen molar-refractivity contribution in [3.05, 3.63) is 40.1 Å². The Labute approximate surface area is 149 Å². The number of hydrogen-bond donors (Lipinski definition) is 1. The standard InChI is InChI=1S/C17H20BrN5O/c1-10-16(20-21-23(10)13-4-2-3-12(18)7-13)17(24)22-8-11-5-6-15(19)14(11)9-22/h2-4,7,11,14-15H,5-6,8-9,19H2,1H3. The monoisotopic (exact) mass is 389 g/mol. The van der Waals surface area contributed by atoms with Crippen LogP contribution in [0.2, 0.25) is 0 Å². The summed E-state index contributed by atoms with van der Waals surface area (Å²) in [6.45, 7) is 3.42. The Morgan fingerprint density at radius 2 is 2.17 bits per heavy atom. The van der Waals surface area contributed by atoms with E-state index in [0.29, 0.717) is 17.5 Å². The number of likely N-dealkylation sites (tertiary alicyclic amines) is 1. The van der Waals surface area contributed by atoms with E-state index < -0.39 is 0 Å². The molecule has 3 atom stereocenters. The highest BCUT2D eigenvalue weighted by Crippen LogP contribution is 2.37. The number of amides is 1. The molecule has 2 N–H and O–H groups in total. The zero-order chi connectivity index (χ0) is 16.8. The molecule has 2 fully saturated rings. The van der Waals surface area contributed by atoms with E-state index in [4.69, 9.17) is 5.73 Å². The Morgan fingerprint density at radius 3 is 2.92 bits per heavy atom. The molecule has 2 aromatic rings. The third-order valence-corrected chi connectivity index (χ3v) is 5.84. The maximum absolute atomic E-state index is 12.9. The molecule has 0 spiro atoms. The normalized spacial score (nSPS) is 26.0. The van der Waals surface area contributed by atoms with Gasteiger partial charge in [-0.25, -0.2) is 4.68 Å². The van der Waals surface area contributed by atoms with Gasteiger partial charge < -0.3 is 10.6 Å². The van der Waals surface area contributed by atoms with Crippen LogP contribution in [-0.4, -0.2) is 44.9 Å². The Bertz CT molecular complexity index is 789. The molecule has 2 heterocycles. The van der Waals surface area contributed by atoms with Crippen LogP contribution in [0.5, 0.6) is 0 Å². The summed E-state index contributed by atoms with van der Waals surface area (Å²) in [7, 11) is 0. The first-order valence-corrected chi connectivity index (χ1v) is 9.07. The van der Waals surface area contributed by atoms with E-state index in [9.17, 15) is 4.79 Å². The second-order valence-electron chi connectivity index (χ2n) is 6.79. The highest BCUT2D eigenvalue weighted by Gasteiger charge is 2.43. The van der Waals surface area contributed by atoms with Gasteiger partial charge in [-0.3, -0.25) is 4.79 Å². The lowest BCUT2D eigenvalue weighted by molar-refractivity contribution is 0.0773. The van der Waals surface area contributed by atoms with Crippen LogP contribution in [0.1, 0.15) is 29.0 Å². The van der Waals surface area contributed by atoms with Crippen LogP contribution in [-0.2, 0) is 0 Å². The topological polar surface area (TPSA) is 77.0 Å². The highest BCUT2D eigenvalue weighted by atomic mass is 79.9. The number of aromatic nitrogens is 3. The maximum atomic E-state index is 12.9. The molecule has 0 radical (unpaired) electrons. The van der Waals surface area contributed by atoms with Gasteiger partial charge in [-0.1, -0.05) is 27.2 Å². The maximum Gasteiger partial charge on any atom is 0.276 e. The van der Waals surface area contributed by atoms with Crippen molar-refractivity contribution in [3.8, 4) is 5.69 Å². The molecule has 1 aromatic heterocycles. The molecule has 2 aliphatic rings. The van der Waals surface area contributed by atoms with E-state index in [0.717, 1.165) is 41.8 Å². The second-order valence-corrected chi connectivity index (χ2v) is 7.71. The molecule has 1 aliphatic heterocycles. The van der Waals surface area contributed by atoms with E-state index in [1.54, 1.807) is 4.68 Å². The molecule has 1 amide bonds. The fraction of sp³-hybridized carbons (Fsp3) is 0.471. The van der Waals surface area contributed by atoms with Crippen molar-refractivity contribution >= 4 is 21.8 Å². The molecule has 6 nitrogen and oxygen atoms in total. The second kappa shape index (κ2) is 5.97. The highest BCUT2D eigenvalue weighted by molar-refractivity contribution is 9.10. The minimum atomic E-state index is -0.0321. The van der Waals surface area contributed by atoms with Gasteiger partial charge in [-0.2, -0.15) is 0 Å². The Kier molecular flexibility index (Phi) is 3.92. The molecular weight excluding hydrogens is 370 g/mol. The zero-order valence-corrected chi connectivity index (χ0v) is 15.1. The van der Waals surface area contributed by atoms with Gasteiger partial charge in [0.15, 0.2) is 5.69 Å². The molecule has 1 aliphatic carbocycles. The van der Waals surface area contributed by atoms with E-state index in [2.05, 4.69) is 26.2 Å². The summed E-state index contributed by atoms with van der Waals surface area (Å²) in [5, 5.41) is 8.33. The first kappa shape index (κ1) is 15.8. The Balaban J connectivity index is 1.58. The van der Waals surface area contributed by atoms with Crippen LogP contribution >= 0.6 is 15.9 Å². The summed E-state index contributed by atoms with van der Waals surface area (Å²) in [4.78, 5) is 14.8. The predicted molar refractivity (Wildman–Crippen MR) is 93.9 cm³/mol. The van der Waals surface area contributed by atoms with Crippen LogP contribution in [0.15, 0.2) is 28.7 Å². The van der Waals surface area contributed by atoms with Crippen molar-refractivity contribution < 1.29 is 4.79 Å². The molecule has 3 unspecified atom stereocenters. The van der Waals surface area contributed by atoms with Gasteiger partial charge in [0, 0.05) is 23.6 Å². The van der Waals surface area contributed by atoms with Crippen molar-refractivity contribution in [1.82, 2.24) is 19.9 Å². The molecule has 24 heavy (non-hydrogen) atoms. The van der Waals surface area contributed by atoms with E-state index >= 15 is 0 Å². The van der Waals surface area contributed by atoms with E-state index in [1.165, 1.54) is 0 Å². The van der Waals surface area contributed by atoms with Crippen molar-refractivity contribution in [2.24, 2.45) is 17.6 Å². The smallest absolute Gasteiger partial charge is 0.276 e. The number of nitrogens with two attached hydrogens (primary N) is 1. The summed E-state index contributed by atoms with van der Waals surface area (Å²) in [6, 6.07) is 8.01. The predicted octanol–water partition coefficient (Wildman–Crippen LogP) is 2.15. The molecule has 4 rings (SSSR count). The third-order valence-electron chi connectivity index (χ3n) is 5.35. The van der Waals surface area contributed by atoms with Gasteiger partial charge in [0.2, 0.25) is 0 Å². The number of carbonyl (C=O) groups excluding carboxylic acids is 1. The molecule has 1 aromatic carbocycles. The van der Waals surface area contributed by atoms with Gasteiger partial charge in [0.05, 0.1) is 11.4 Å². The van der Waals surface area contributed by atoms with Crippen LogP contribution in [0.4, 0.5) is 0 Å². The fourth-order valence-corrected chi connectivity index (χ4v) is 4.39. The summed E-state index contributed by atoms with van der Waals surface area (Å²) in [5.74, 6) is 0.953. The summed E-state index contributed by atoms with van der Waals surface area (Å²) >= 11 is 3.46. The lowest BCUT2D eigenvalue weighted by atomic mass is 9.98. The molecule has 0 bridgehead atoms. The molecular formula is C17H20BrN5O. The van der Waals surface area contributed by atoms with E-state index in [-0.39, 0.29) is 11.9 Å². The van der Waals surface area contributed by atoms with Gasteiger partial charge in [0.1, 0.15) is 0 Å². The number of carbonyl (C=O) groups is 1. The number of halogens is 1. The number of benzene rings is 1. The van der Waals surface area contributed by atoms with Crippen molar-refractivity contribution in [1.29, 1.82) is 0 Å². The quantitative estimate of drug-likeness (QED) is 0.853.